The predicted molar refractivity (Wildman–Crippen MR) is 79.5 cm³/mol. The molecule has 22 heavy (non-hydrogen) atoms. The molecule has 1 N–H and O–H groups in total. The summed E-state index contributed by atoms with van der Waals surface area (Å²) in [4.78, 5) is 26.0. The van der Waals surface area contributed by atoms with E-state index in [9.17, 15) is 0 Å². The zero-order valence-corrected chi connectivity index (χ0v) is 13.5. The van der Waals surface area contributed by atoms with Gasteiger partial charge in [0.25, 0.3) is 0 Å². The molecule has 1 saturated carbocycles. The molecule has 2 fully saturated rings. The molecule has 0 radical (unpaired) electrons. The van der Waals surface area contributed by atoms with Crippen LogP contribution in [0.15, 0.2) is 0 Å². The predicted octanol–water partition coefficient (Wildman–Crippen LogP) is 4.49. The first-order valence-electron chi connectivity index (χ1n) is 8.80. The molecule has 1 spiro atoms. The summed E-state index contributed by atoms with van der Waals surface area (Å²) in [5, 5.41) is 8.85. The molecule has 2 aliphatic rings. The van der Waals surface area contributed by atoms with Gasteiger partial charge in [-0.05, 0) is 19.3 Å². The Morgan fingerprint density at radius 3 is 1.95 bits per heavy atom. The van der Waals surface area contributed by atoms with Crippen LogP contribution in [0.2, 0.25) is 0 Å². The summed E-state index contributed by atoms with van der Waals surface area (Å²) >= 11 is 0. The van der Waals surface area contributed by atoms with Crippen LogP contribution >= 0.6 is 0 Å². The minimum absolute atomic E-state index is 0.439. The number of rotatable bonds is 1. The second-order valence-corrected chi connectivity index (χ2v) is 6.35. The van der Waals surface area contributed by atoms with Crippen molar-refractivity contribution in [2.75, 3.05) is 6.61 Å². The van der Waals surface area contributed by atoms with E-state index in [0.717, 1.165) is 38.5 Å². The van der Waals surface area contributed by atoms with Crippen molar-refractivity contribution in [2.24, 2.45) is 0 Å². The van der Waals surface area contributed by atoms with Gasteiger partial charge >= 0.3 is 0 Å². The molecule has 1 unspecified atom stereocenters. The Bertz CT molecular complexity index is 274. The van der Waals surface area contributed by atoms with Gasteiger partial charge in [0.15, 0.2) is 0 Å². The van der Waals surface area contributed by atoms with Gasteiger partial charge in [0.1, 0.15) is 0 Å². The molecular weight excluding hydrogens is 288 g/mol. The van der Waals surface area contributed by atoms with Crippen LogP contribution in [0, 0.1) is 0 Å². The highest BCUT2D eigenvalue weighted by Crippen LogP contribution is 2.31. The van der Waals surface area contributed by atoms with Crippen molar-refractivity contribution >= 4 is 0 Å². The highest BCUT2D eigenvalue weighted by molar-refractivity contribution is 4.69. The average Bonchev–Trinajstić information content (AvgIpc) is 2.62. The molecule has 0 aromatic heterocycles. The zero-order valence-electron chi connectivity index (χ0n) is 13.5. The third-order valence-electron chi connectivity index (χ3n) is 4.42. The molecule has 6 heteroatoms. The first-order chi connectivity index (χ1) is 10.8. The molecule has 1 aliphatic carbocycles. The van der Waals surface area contributed by atoms with Gasteiger partial charge in [0, 0.05) is 19.3 Å². The van der Waals surface area contributed by atoms with E-state index in [2.05, 4.69) is 4.89 Å². The lowest BCUT2D eigenvalue weighted by Crippen LogP contribution is -2.37. The van der Waals surface area contributed by atoms with E-state index in [1.165, 1.54) is 32.1 Å². The van der Waals surface area contributed by atoms with Crippen molar-refractivity contribution in [1.29, 1.82) is 0 Å². The fourth-order valence-corrected chi connectivity index (χ4v) is 3.05. The van der Waals surface area contributed by atoms with Gasteiger partial charge in [-0.1, -0.05) is 44.9 Å². The van der Waals surface area contributed by atoms with Crippen molar-refractivity contribution in [3.63, 3.8) is 0 Å². The van der Waals surface area contributed by atoms with E-state index < -0.39 is 12.1 Å². The average molecular weight is 318 g/mol. The summed E-state index contributed by atoms with van der Waals surface area (Å²) in [6, 6.07) is 0. The molecular formula is C16H30O6. The Morgan fingerprint density at radius 1 is 0.773 bits per heavy atom. The zero-order chi connectivity index (χ0) is 15.5. The Balaban J connectivity index is 1.95. The Kier molecular flexibility index (Phi) is 8.66. The molecule has 0 amide bonds. The minimum atomic E-state index is -0.889. The van der Waals surface area contributed by atoms with Crippen LogP contribution in [0.3, 0.4) is 0 Å². The summed E-state index contributed by atoms with van der Waals surface area (Å²) in [6.45, 7) is 0.439. The standard InChI is InChI=1S/C16H30O6/c17-19-15-11-10-14-18-21-16(22-20-15)12-8-6-4-2-1-3-5-7-9-13-16/h15,17H,1-14H2. The van der Waals surface area contributed by atoms with Gasteiger partial charge in [-0.25, -0.2) is 15.0 Å². The molecule has 1 atom stereocenters. The first-order valence-corrected chi connectivity index (χ1v) is 8.80. The normalized spacial score (nSPS) is 29.6. The summed E-state index contributed by atoms with van der Waals surface area (Å²) in [7, 11) is 0. The van der Waals surface area contributed by atoms with E-state index in [1.54, 1.807) is 0 Å². The van der Waals surface area contributed by atoms with Crippen molar-refractivity contribution in [3.8, 4) is 0 Å². The smallest absolute Gasteiger partial charge is 0.234 e. The fraction of sp³-hybridized carbons (Fsp3) is 1.00. The lowest BCUT2D eigenvalue weighted by molar-refractivity contribution is -0.547. The van der Waals surface area contributed by atoms with Gasteiger partial charge in [-0.15, -0.1) is 0 Å². The van der Waals surface area contributed by atoms with Crippen molar-refractivity contribution in [3.05, 3.63) is 0 Å². The maximum Gasteiger partial charge on any atom is 0.234 e. The van der Waals surface area contributed by atoms with Gasteiger partial charge in [0.2, 0.25) is 12.1 Å². The van der Waals surface area contributed by atoms with Crippen LogP contribution in [-0.4, -0.2) is 23.9 Å². The summed E-state index contributed by atoms with van der Waals surface area (Å²) in [5.41, 5.74) is 0. The van der Waals surface area contributed by atoms with E-state index >= 15 is 0 Å². The fourth-order valence-electron chi connectivity index (χ4n) is 3.05. The van der Waals surface area contributed by atoms with Crippen LogP contribution in [0.4, 0.5) is 0 Å². The third-order valence-corrected chi connectivity index (χ3v) is 4.42. The highest BCUT2D eigenvalue weighted by atomic mass is 17.3. The van der Waals surface area contributed by atoms with Gasteiger partial charge < -0.3 is 0 Å². The summed E-state index contributed by atoms with van der Waals surface area (Å²) < 4.78 is 0. The van der Waals surface area contributed by atoms with E-state index in [0.29, 0.717) is 19.4 Å². The molecule has 130 valence electrons. The SMILES string of the molecule is OOC1CCCOOC2(CCCCCCCCCCC2)OO1. The molecule has 0 bridgehead atoms. The van der Waals surface area contributed by atoms with Crippen LogP contribution in [-0.2, 0) is 24.4 Å². The second-order valence-electron chi connectivity index (χ2n) is 6.35. The van der Waals surface area contributed by atoms with Crippen molar-refractivity contribution in [2.45, 2.75) is 95.5 Å². The quantitative estimate of drug-likeness (QED) is 0.567. The lowest BCUT2D eigenvalue weighted by Gasteiger charge is -2.31. The molecule has 1 saturated heterocycles. The van der Waals surface area contributed by atoms with Crippen molar-refractivity contribution in [1.82, 2.24) is 0 Å². The first kappa shape index (κ1) is 18.1. The number of hydrogen-bond acceptors (Lipinski definition) is 6. The molecule has 0 aromatic rings. The maximum atomic E-state index is 8.85. The topological polar surface area (TPSA) is 66.4 Å². The van der Waals surface area contributed by atoms with Gasteiger partial charge in [-0.2, -0.15) is 14.7 Å². The minimum Gasteiger partial charge on any atom is -0.249 e. The Hall–Kier alpha value is -0.240. The summed E-state index contributed by atoms with van der Waals surface area (Å²) in [6.07, 6.45) is 12.6. The van der Waals surface area contributed by atoms with Crippen LogP contribution in [0.5, 0.6) is 0 Å². The summed E-state index contributed by atoms with van der Waals surface area (Å²) in [5.74, 6) is -0.889. The van der Waals surface area contributed by atoms with Gasteiger partial charge in [-0.3, -0.25) is 0 Å². The Morgan fingerprint density at radius 2 is 1.36 bits per heavy atom. The van der Waals surface area contributed by atoms with Crippen LogP contribution < -0.4 is 0 Å². The Labute approximate surface area is 132 Å². The highest BCUT2D eigenvalue weighted by Gasteiger charge is 2.37. The van der Waals surface area contributed by atoms with E-state index in [-0.39, 0.29) is 0 Å². The van der Waals surface area contributed by atoms with E-state index in [4.69, 9.17) is 24.8 Å². The van der Waals surface area contributed by atoms with Crippen LogP contribution in [0.25, 0.3) is 0 Å². The van der Waals surface area contributed by atoms with E-state index in [1.807, 2.05) is 0 Å². The monoisotopic (exact) mass is 318 g/mol. The lowest BCUT2D eigenvalue weighted by atomic mass is 9.97. The largest absolute Gasteiger partial charge is 0.249 e. The molecule has 1 heterocycles. The molecule has 1 aliphatic heterocycles. The van der Waals surface area contributed by atoms with Crippen LogP contribution in [0.1, 0.15) is 83.5 Å². The third kappa shape index (κ3) is 6.48. The number of hydrogen-bond donors (Lipinski definition) is 1. The maximum absolute atomic E-state index is 8.85. The second kappa shape index (κ2) is 10.5. The van der Waals surface area contributed by atoms with Crippen molar-refractivity contribution < 1.29 is 29.7 Å². The molecule has 6 nitrogen and oxygen atoms in total. The molecule has 2 rings (SSSR count). The van der Waals surface area contributed by atoms with Gasteiger partial charge in [0.05, 0.1) is 6.61 Å². The molecule has 0 aromatic carbocycles.